The van der Waals surface area contributed by atoms with Gasteiger partial charge >= 0.3 is 0 Å². The number of rotatable bonds is 3. The SMILES string of the molecule is O=C(c1ccco1)N1CCCC(CCO)C1. The van der Waals surface area contributed by atoms with E-state index in [2.05, 4.69) is 0 Å². The highest BCUT2D eigenvalue weighted by atomic mass is 16.3. The van der Waals surface area contributed by atoms with Crippen molar-refractivity contribution in [2.24, 2.45) is 5.92 Å². The quantitative estimate of drug-likeness (QED) is 0.845. The maximum atomic E-state index is 12.0. The standard InChI is InChI=1S/C12H17NO3/c14-7-5-10-3-1-6-13(9-10)12(15)11-4-2-8-16-11/h2,4,8,10,14H,1,3,5-7,9H2. The van der Waals surface area contributed by atoms with Crippen molar-refractivity contribution in [3.8, 4) is 0 Å². The summed E-state index contributed by atoms with van der Waals surface area (Å²) < 4.78 is 5.10. The summed E-state index contributed by atoms with van der Waals surface area (Å²) in [6.07, 6.45) is 4.41. The summed E-state index contributed by atoms with van der Waals surface area (Å²) in [5.41, 5.74) is 0. The van der Waals surface area contributed by atoms with Gasteiger partial charge in [0, 0.05) is 19.7 Å². The van der Waals surface area contributed by atoms with Crippen LogP contribution in [0, 0.1) is 5.92 Å². The van der Waals surface area contributed by atoms with Gasteiger partial charge in [0.15, 0.2) is 5.76 Å². The topological polar surface area (TPSA) is 53.7 Å². The molecule has 0 bridgehead atoms. The molecule has 0 saturated carbocycles. The zero-order valence-electron chi connectivity index (χ0n) is 9.26. The van der Waals surface area contributed by atoms with E-state index in [4.69, 9.17) is 9.52 Å². The Morgan fingerprint density at radius 1 is 1.62 bits per heavy atom. The Hall–Kier alpha value is -1.29. The number of hydrogen-bond donors (Lipinski definition) is 1. The summed E-state index contributed by atoms with van der Waals surface area (Å²) in [7, 11) is 0. The molecular formula is C12H17NO3. The monoisotopic (exact) mass is 223 g/mol. The Kier molecular flexibility index (Phi) is 3.62. The van der Waals surface area contributed by atoms with E-state index in [1.54, 1.807) is 12.1 Å². The third-order valence-electron chi connectivity index (χ3n) is 3.08. The fraction of sp³-hybridized carbons (Fsp3) is 0.583. The Morgan fingerprint density at radius 3 is 3.19 bits per heavy atom. The Labute approximate surface area is 94.9 Å². The number of aliphatic hydroxyl groups is 1. The summed E-state index contributed by atoms with van der Waals surface area (Å²) in [6.45, 7) is 1.73. The number of hydrogen-bond acceptors (Lipinski definition) is 3. The van der Waals surface area contributed by atoms with Crippen LogP contribution in [0.4, 0.5) is 0 Å². The number of carbonyl (C=O) groups excluding carboxylic acids is 1. The smallest absolute Gasteiger partial charge is 0.289 e. The number of amides is 1. The van der Waals surface area contributed by atoms with Crippen molar-refractivity contribution in [2.45, 2.75) is 19.3 Å². The molecule has 88 valence electrons. The summed E-state index contributed by atoms with van der Waals surface area (Å²) in [6, 6.07) is 3.42. The molecular weight excluding hydrogens is 206 g/mol. The fourth-order valence-electron chi connectivity index (χ4n) is 2.22. The molecule has 2 rings (SSSR count). The van der Waals surface area contributed by atoms with E-state index in [9.17, 15) is 4.79 Å². The van der Waals surface area contributed by atoms with Crippen LogP contribution in [-0.4, -0.2) is 35.6 Å². The Morgan fingerprint density at radius 2 is 2.50 bits per heavy atom. The highest BCUT2D eigenvalue weighted by molar-refractivity contribution is 5.91. The molecule has 1 aromatic heterocycles. The van der Waals surface area contributed by atoms with Crippen LogP contribution in [0.1, 0.15) is 29.8 Å². The van der Waals surface area contributed by atoms with Crippen molar-refractivity contribution in [3.63, 3.8) is 0 Å². The highest BCUT2D eigenvalue weighted by Gasteiger charge is 2.25. The molecule has 1 fully saturated rings. The maximum Gasteiger partial charge on any atom is 0.289 e. The van der Waals surface area contributed by atoms with Gasteiger partial charge in [-0.2, -0.15) is 0 Å². The zero-order chi connectivity index (χ0) is 11.4. The van der Waals surface area contributed by atoms with E-state index < -0.39 is 0 Å². The molecule has 2 heterocycles. The molecule has 4 nitrogen and oxygen atoms in total. The van der Waals surface area contributed by atoms with Crippen LogP contribution in [0.25, 0.3) is 0 Å². The van der Waals surface area contributed by atoms with Gasteiger partial charge in [0.1, 0.15) is 0 Å². The first-order valence-electron chi connectivity index (χ1n) is 5.75. The molecule has 0 aromatic carbocycles. The minimum Gasteiger partial charge on any atom is -0.459 e. The van der Waals surface area contributed by atoms with Crippen molar-refractivity contribution >= 4 is 5.91 Å². The maximum absolute atomic E-state index is 12.0. The molecule has 0 aliphatic carbocycles. The van der Waals surface area contributed by atoms with Gasteiger partial charge < -0.3 is 14.4 Å². The van der Waals surface area contributed by atoms with Gasteiger partial charge in [-0.1, -0.05) is 0 Å². The molecule has 1 unspecified atom stereocenters. The second-order valence-electron chi connectivity index (χ2n) is 4.25. The van der Waals surface area contributed by atoms with E-state index in [1.807, 2.05) is 4.90 Å². The highest BCUT2D eigenvalue weighted by Crippen LogP contribution is 2.20. The van der Waals surface area contributed by atoms with Crippen LogP contribution in [0.2, 0.25) is 0 Å². The summed E-state index contributed by atoms with van der Waals surface area (Å²) in [4.78, 5) is 13.8. The van der Waals surface area contributed by atoms with Crippen molar-refractivity contribution in [3.05, 3.63) is 24.2 Å². The lowest BCUT2D eigenvalue weighted by Gasteiger charge is -2.31. The minimum absolute atomic E-state index is 0.0346. The molecule has 16 heavy (non-hydrogen) atoms. The van der Waals surface area contributed by atoms with Crippen LogP contribution in [-0.2, 0) is 0 Å². The predicted molar refractivity (Wildman–Crippen MR) is 59.0 cm³/mol. The van der Waals surface area contributed by atoms with Crippen LogP contribution in [0.3, 0.4) is 0 Å². The zero-order valence-corrected chi connectivity index (χ0v) is 9.26. The third kappa shape index (κ3) is 2.44. The summed E-state index contributed by atoms with van der Waals surface area (Å²) in [5, 5.41) is 8.91. The Balaban J connectivity index is 1.96. The molecule has 1 N–H and O–H groups in total. The number of piperidine rings is 1. The van der Waals surface area contributed by atoms with Gasteiger partial charge in [0.2, 0.25) is 0 Å². The van der Waals surface area contributed by atoms with Crippen LogP contribution < -0.4 is 0 Å². The largest absolute Gasteiger partial charge is 0.459 e. The molecule has 1 atom stereocenters. The van der Waals surface area contributed by atoms with Gasteiger partial charge in [-0.3, -0.25) is 4.79 Å². The lowest BCUT2D eigenvalue weighted by atomic mass is 9.95. The fourth-order valence-corrected chi connectivity index (χ4v) is 2.22. The lowest BCUT2D eigenvalue weighted by Crippen LogP contribution is -2.40. The second-order valence-corrected chi connectivity index (χ2v) is 4.25. The van der Waals surface area contributed by atoms with Gasteiger partial charge in [-0.15, -0.1) is 0 Å². The molecule has 1 saturated heterocycles. The van der Waals surface area contributed by atoms with Gasteiger partial charge in [0.05, 0.1) is 6.26 Å². The first-order chi connectivity index (χ1) is 7.81. The van der Waals surface area contributed by atoms with E-state index in [1.165, 1.54) is 6.26 Å². The molecule has 1 aromatic rings. The molecule has 1 aliphatic rings. The van der Waals surface area contributed by atoms with Gasteiger partial charge in [0.25, 0.3) is 5.91 Å². The normalized spacial score (nSPS) is 21.1. The summed E-state index contributed by atoms with van der Waals surface area (Å²) >= 11 is 0. The van der Waals surface area contributed by atoms with E-state index in [0.29, 0.717) is 11.7 Å². The molecule has 0 spiro atoms. The van der Waals surface area contributed by atoms with E-state index in [0.717, 1.165) is 32.4 Å². The molecule has 1 amide bonds. The first-order valence-corrected chi connectivity index (χ1v) is 5.75. The van der Waals surface area contributed by atoms with Crippen LogP contribution >= 0.6 is 0 Å². The third-order valence-corrected chi connectivity index (χ3v) is 3.08. The minimum atomic E-state index is -0.0346. The van der Waals surface area contributed by atoms with Crippen molar-refractivity contribution in [1.82, 2.24) is 4.90 Å². The summed E-state index contributed by atoms with van der Waals surface area (Å²) in [5.74, 6) is 0.801. The average Bonchev–Trinajstić information content (AvgIpc) is 2.82. The van der Waals surface area contributed by atoms with Gasteiger partial charge in [-0.05, 0) is 37.3 Å². The number of furan rings is 1. The molecule has 4 heteroatoms. The first kappa shape index (κ1) is 11.2. The number of aliphatic hydroxyl groups excluding tert-OH is 1. The predicted octanol–water partition coefficient (Wildman–Crippen LogP) is 1.51. The van der Waals surface area contributed by atoms with E-state index in [-0.39, 0.29) is 12.5 Å². The molecule has 0 radical (unpaired) electrons. The van der Waals surface area contributed by atoms with E-state index >= 15 is 0 Å². The number of likely N-dealkylation sites (tertiary alicyclic amines) is 1. The number of carbonyl (C=O) groups is 1. The van der Waals surface area contributed by atoms with Crippen molar-refractivity contribution in [1.29, 1.82) is 0 Å². The Bertz CT molecular complexity index is 332. The lowest BCUT2D eigenvalue weighted by molar-refractivity contribution is 0.0622. The average molecular weight is 223 g/mol. The molecule has 1 aliphatic heterocycles. The van der Waals surface area contributed by atoms with Crippen LogP contribution in [0.15, 0.2) is 22.8 Å². The van der Waals surface area contributed by atoms with Crippen molar-refractivity contribution < 1.29 is 14.3 Å². The second kappa shape index (κ2) is 5.16. The number of nitrogens with zero attached hydrogens (tertiary/aromatic N) is 1. The van der Waals surface area contributed by atoms with Crippen LogP contribution in [0.5, 0.6) is 0 Å². The van der Waals surface area contributed by atoms with Crippen molar-refractivity contribution in [2.75, 3.05) is 19.7 Å². The van der Waals surface area contributed by atoms with Gasteiger partial charge in [-0.25, -0.2) is 0 Å².